The molecule has 0 spiro atoms. The molecular formula is C11H21N3O2. The number of likely N-dealkylation sites (N-methyl/N-ethyl adjacent to an activating group) is 1. The van der Waals surface area contributed by atoms with Crippen molar-refractivity contribution in [1.29, 1.82) is 0 Å². The summed E-state index contributed by atoms with van der Waals surface area (Å²) in [5.41, 5.74) is -0.370. The van der Waals surface area contributed by atoms with Crippen molar-refractivity contribution in [1.82, 2.24) is 16.0 Å². The number of nitrogens with one attached hydrogen (secondary N) is 3. The first kappa shape index (κ1) is 13.0. The normalized spacial score (nSPS) is 24.9. The number of hydrogen-bond donors (Lipinski definition) is 3. The Morgan fingerprint density at radius 1 is 1.38 bits per heavy atom. The van der Waals surface area contributed by atoms with Gasteiger partial charge in [0.25, 0.3) is 0 Å². The van der Waals surface area contributed by atoms with Crippen molar-refractivity contribution in [3.8, 4) is 0 Å². The molecule has 1 aliphatic rings. The summed E-state index contributed by atoms with van der Waals surface area (Å²) >= 11 is 0. The van der Waals surface area contributed by atoms with Gasteiger partial charge in [-0.3, -0.25) is 9.59 Å². The lowest BCUT2D eigenvalue weighted by molar-refractivity contribution is -0.133. The van der Waals surface area contributed by atoms with Gasteiger partial charge in [-0.2, -0.15) is 0 Å². The number of piperidine rings is 1. The lowest BCUT2D eigenvalue weighted by atomic mass is 9.82. The maximum atomic E-state index is 11.9. The van der Waals surface area contributed by atoms with Crippen LogP contribution in [0.5, 0.6) is 0 Å². The largest absolute Gasteiger partial charge is 0.355 e. The van der Waals surface area contributed by atoms with Crippen LogP contribution in [0.2, 0.25) is 0 Å². The Morgan fingerprint density at radius 3 is 2.69 bits per heavy atom. The summed E-state index contributed by atoms with van der Waals surface area (Å²) in [6, 6.07) is 0. The molecule has 3 N–H and O–H groups in total. The molecule has 1 atom stereocenters. The van der Waals surface area contributed by atoms with E-state index in [2.05, 4.69) is 16.0 Å². The Balaban J connectivity index is 2.36. The first-order valence-electron chi connectivity index (χ1n) is 5.84. The maximum absolute atomic E-state index is 11.9. The standard InChI is InChI=1S/C11H21N3O2/c1-3-13-9(15)7-14-10(16)11(2)5-4-6-12-8-11/h12H,3-8H2,1-2H3,(H,13,15)(H,14,16). The third-order valence-electron chi connectivity index (χ3n) is 2.93. The third-order valence-corrected chi connectivity index (χ3v) is 2.93. The Bertz CT molecular complexity index is 260. The average molecular weight is 227 g/mol. The van der Waals surface area contributed by atoms with E-state index >= 15 is 0 Å². The van der Waals surface area contributed by atoms with Gasteiger partial charge in [-0.25, -0.2) is 0 Å². The molecule has 0 aromatic heterocycles. The highest BCUT2D eigenvalue weighted by Crippen LogP contribution is 2.25. The smallest absolute Gasteiger partial charge is 0.239 e. The van der Waals surface area contributed by atoms with Crippen molar-refractivity contribution >= 4 is 11.8 Å². The first-order valence-corrected chi connectivity index (χ1v) is 5.84. The van der Waals surface area contributed by atoms with Crippen LogP contribution >= 0.6 is 0 Å². The highest BCUT2D eigenvalue weighted by Gasteiger charge is 2.34. The van der Waals surface area contributed by atoms with E-state index in [-0.39, 0.29) is 23.8 Å². The van der Waals surface area contributed by atoms with Crippen molar-refractivity contribution in [2.45, 2.75) is 26.7 Å². The second-order valence-corrected chi connectivity index (χ2v) is 4.48. The number of carbonyl (C=O) groups is 2. The number of hydrogen-bond acceptors (Lipinski definition) is 3. The maximum Gasteiger partial charge on any atom is 0.239 e. The van der Waals surface area contributed by atoms with Crippen LogP contribution in [-0.2, 0) is 9.59 Å². The molecule has 2 amide bonds. The van der Waals surface area contributed by atoms with Gasteiger partial charge in [0.15, 0.2) is 0 Å². The van der Waals surface area contributed by atoms with Crippen molar-refractivity contribution in [3.63, 3.8) is 0 Å². The van der Waals surface area contributed by atoms with Crippen molar-refractivity contribution in [2.75, 3.05) is 26.2 Å². The molecule has 0 aromatic carbocycles. The van der Waals surface area contributed by atoms with Gasteiger partial charge in [0.1, 0.15) is 0 Å². The third kappa shape index (κ3) is 3.48. The van der Waals surface area contributed by atoms with E-state index in [0.717, 1.165) is 19.4 Å². The van der Waals surface area contributed by atoms with Crippen molar-refractivity contribution in [3.05, 3.63) is 0 Å². The minimum atomic E-state index is -0.370. The van der Waals surface area contributed by atoms with E-state index in [1.165, 1.54) is 0 Å². The molecule has 16 heavy (non-hydrogen) atoms. The van der Waals surface area contributed by atoms with Crippen LogP contribution in [0, 0.1) is 5.41 Å². The molecule has 1 saturated heterocycles. The molecule has 1 rings (SSSR count). The number of rotatable bonds is 4. The summed E-state index contributed by atoms with van der Waals surface area (Å²) in [5, 5.41) is 8.54. The molecule has 1 fully saturated rings. The molecule has 0 saturated carbocycles. The Labute approximate surface area is 96.4 Å². The molecule has 1 heterocycles. The number of carbonyl (C=O) groups excluding carboxylic acids is 2. The van der Waals surface area contributed by atoms with Gasteiger partial charge in [-0.1, -0.05) is 0 Å². The van der Waals surface area contributed by atoms with Crippen molar-refractivity contribution in [2.24, 2.45) is 5.41 Å². The summed E-state index contributed by atoms with van der Waals surface area (Å²) in [6.07, 6.45) is 1.88. The van der Waals surface area contributed by atoms with Crippen LogP contribution in [0.25, 0.3) is 0 Å². The van der Waals surface area contributed by atoms with Gasteiger partial charge in [0.05, 0.1) is 12.0 Å². The van der Waals surface area contributed by atoms with Crippen LogP contribution < -0.4 is 16.0 Å². The molecule has 5 nitrogen and oxygen atoms in total. The fraction of sp³-hybridized carbons (Fsp3) is 0.818. The second kappa shape index (κ2) is 5.84. The Morgan fingerprint density at radius 2 is 2.12 bits per heavy atom. The second-order valence-electron chi connectivity index (χ2n) is 4.48. The summed E-state index contributed by atoms with van der Waals surface area (Å²) in [4.78, 5) is 23.1. The molecule has 0 aromatic rings. The molecule has 0 radical (unpaired) electrons. The van der Waals surface area contributed by atoms with Crippen LogP contribution in [-0.4, -0.2) is 38.0 Å². The summed E-state index contributed by atoms with van der Waals surface area (Å²) in [7, 11) is 0. The van der Waals surface area contributed by atoms with Crippen LogP contribution in [0.3, 0.4) is 0 Å². The average Bonchev–Trinajstić information content (AvgIpc) is 2.27. The molecule has 1 aliphatic heterocycles. The highest BCUT2D eigenvalue weighted by molar-refractivity contribution is 5.87. The van der Waals surface area contributed by atoms with Gasteiger partial charge >= 0.3 is 0 Å². The van der Waals surface area contributed by atoms with Crippen LogP contribution in [0.15, 0.2) is 0 Å². The minimum Gasteiger partial charge on any atom is -0.355 e. The topological polar surface area (TPSA) is 70.2 Å². The van der Waals surface area contributed by atoms with Gasteiger partial charge < -0.3 is 16.0 Å². The zero-order valence-electron chi connectivity index (χ0n) is 10.1. The summed E-state index contributed by atoms with van der Waals surface area (Å²) in [6.45, 7) is 6.11. The van der Waals surface area contributed by atoms with Gasteiger partial charge in [0, 0.05) is 13.1 Å². The lowest BCUT2D eigenvalue weighted by Gasteiger charge is -2.32. The van der Waals surface area contributed by atoms with E-state index in [9.17, 15) is 9.59 Å². The lowest BCUT2D eigenvalue weighted by Crippen LogP contribution is -2.50. The van der Waals surface area contributed by atoms with Crippen LogP contribution in [0.4, 0.5) is 0 Å². The SMILES string of the molecule is CCNC(=O)CNC(=O)C1(C)CCCNC1. The Kier molecular flexibility index (Phi) is 4.73. The quantitative estimate of drug-likeness (QED) is 0.613. The van der Waals surface area contributed by atoms with E-state index < -0.39 is 0 Å². The summed E-state index contributed by atoms with van der Waals surface area (Å²) < 4.78 is 0. The molecular weight excluding hydrogens is 206 g/mol. The van der Waals surface area contributed by atoms with E-state index in [1.807, 2.05) is 13.8 Å². The van der Waals surface area contributed by atoms with E-state index in [0.29, 0.717) is 13.1 Å². The fourth-order valence-electron chi connectivity index (χ4n) is 1.88. The molecule has 0 aliphatic carbocycles. The molecule has 92 valence electrons. The van der Waals surface area contributed by atoms with Crippen molar-refractivity contribution < 1.29 is 9.59 Å². The van der Waals surface area contributed by atoms with Crippen LogP contribution in [0.1, 0.15) is 26.7 Å². The molecule has 1 unspecified atom stereocenters. The van der Waals surface area contributed by atoms with Gasteiger partial charge in [-0.15, -0.1) is 0 Å². The molecule has 5 heteroatoms. The zero-order valence-corrected chi connectivity index (χ0v) is 10.1. The monoisotopic (exact) mass is 227 g/mol. The number of amides is 2. The van der Waals surface area contributed by atoms with E-state index in [4.69, 9.17) is 0 Å². The van der Waals surface area contributed by atoms with Gasteiger partial charge in [-0.05, 0) is 33.2 Å². The molecule has 0 bridgehead atoms. The van der Waals surface area contributed by atoms with Gasteiger partial charge in [0.2, 0.25) is 11.8 Å². The fourth-order valence-corrected chi connectivity index (χ4v) is 1.88. The zero-order chi connectivity index (χ0) is 12.0. The first-order chi connectivity index (χ1) is 7.58. The van der Waals surface area contributed by atoms with E-state index in [1.54, 1.807) is 0 Å². The minimum absolute atomic E-state index is 0.0362. The Hall–Kier alpha value is -1.10. The predicted molar refractivity (Wildman–Crippen MR) is 61.9 cm³/mol. The summed E-state index contributed by atoms with van der Waals surface area (Å²) in [5.74, 6) is -0.172. The predicted octanol–water partition coefficient (Wildman–Crippen LogP) is -0.372. The highest BCUT2D eigenvalue weighted by atomic mass is 16.2.